The van der Waals surface area contributed by atoms with Crippen molar-refractivity contribution in [3.05, 3.63) is 29.8 Å². The highest BCUT2D eigenvalue weighted by Gasteiger charge is 2.31. The Kier molecular flexibility index (Phi) is 5.38. The first kappa shape index (κ1) is 17.5. The molecule has 118 valence electrons. The Morgan fingerprint density at radius 3 is 2.19 bits per heavy atom. The Morgan fingerprint density at radius 1 is 1.24 bits per heavy atom. The van der Waals surface area contributed by atoms with Gasteiger partial charge in [-0.25, -0.2) is 8.42 Å². The van der Waals surface area contributed by atoms with Gasteiger partial charge in [0.05, 0.1) is 28.7 Å². The summed E-state index contributed by atoms with van der Waals surface area (Å²) in [5, 5.41) is -1.08. The van der Waals surface area contributed by atoms with Gasteiger partial charge in [-0.3, -0.25) is 4.79 Å². The van der Waals surface area contributed by atoms with E-state index < -0.39 is 32.8 Å². The molecule has 0 fully saturated rings. The minimum absolute atomic E-state index is 0.131. The Labute approximate surface area is 120 Å². The number of ether oxygens (including phenoxy) is 1. The molecule has 0 aliphatic rings. The van der Waals surface area contributed by atoms with Gasteiger partial charge in [-0.1, -0.05) is 0 Å². The third kappa shape index (κ3) is 4.45. The van der Waals surface area contributed by atoms with Crippen LogP contribution >= 0.6 is 0 Å². The van der Waals surface area contributed by atoms with Crippen molar-refractivity contribution in [1.29, 1.82) is 0 Å². The summed E-state index contributed by atoms with van der Waals surface area (Å²) in [7, 11) is -3.88. The lowest BCUT2D eigenvalue weighted by atomic mass is 10.2. The fourth-order valence-corrected chi connectivity index (χ4v) is 2.97. The van der Waals surface area contributed by atoms with Crippen molar-refractivity contribution in [2.75, 3.05) is 6.61 Å². The predicted molar refractivity (Wildman–Crippen MR) is 69.3 cm³/mol. The second-order valence-corrected chi connectivity index (χ2v) is 6.75. The van der Waals surface area contributed by atoms with Gasteiger partial charge >= 0.3 is 12.1 Å². The van der Waals surface area contributed by atoms with Crippen molar-refractivity contribution < 1.29 is 31.1 Å². The number of sulfone groups is 1. The lowest BCUT2D eigenvalue weighted by Crippen LogP contribution is -2.23. The molecular formula is C13H15F3O4S. The van der Waals surface area contributed by atoms with Crippen molar-refractivity contribution >= 4 is 15.8 Å². The molecule has 1 atom stereocenters. The van der Waals surface area contributed by atoms with Crippen LogP contribution in [-0.4, -0.2) is 26.2 Å². The number of hydrogen-bond acceptors (Lipinski definition) is 4. The van der Waals surface area contributed by atoms with E-state index in [1.54, 1.807) is 6.92 Å². The molecule has 0 aliphatic carbocycles. The van der Waals surface area contributed by atoms with Gasteiger partial charge < -0.3 is 4.74 Å². The molecule has 0 saturated heterocycles. The van der Waals surface area contributed by atoms with Crippen molar-refractivity contribution in [1.82, 2.24) is 0 Å². The number of alkyl halides is 3. The van der Waals surface area contributed by atoms with E-state index in [2.05, 4.69) is 4.74 Å². The molecule has 0 aliphatic heterocycles. The van der Waals surface area contributed by atoms with Crippen LogP contribution in [0.5, 0.6) is 0 Å². The average molecular weight is 324 g/mol. The molecule has 1 aromatic carbocycles. The molecule has 0 heterocycles. The average Bonchev–Trinajstić information content (AvgIpc) is 2.38. The van der Waals surface area contributed by atoms with E-state index in [1.165, 1.54) is 6.92 Å². The van der Waals surface area contributed by atoms with Crippen LogP contribution < -0.4 is 0 Å². The number of benzene rings is 1. The minimum Gasteiger partial charge on any atom is -0.466 e. The van der Waals surface area contributed by atoms with Gasteiger partial charge in [0.2, 0.25) is 0 Å². The van der Waals surface area contributed by atoms with E-state index in [4.69, 9.17) is 0 Å². The van der Waals surface area contributed by atoms with E-state index >= 15 is 0 Å². The molecule has 0 N–H and O–H groups in total. The van der Waals surface area contributed by atoms with Crippen LogP contribution in [0.2, 0.25) is 0 Å². The number of rotatable bonds is 5. The maximum absolute atomic E-state index is 12.4. The molecule has 0 radical (unpaired) electrons. The Bertz CT molecular complexity index is 591. The molecule has 0 aromatic heterocycles. The number of carbonyl (C=O) groups is 1. The van der Waals surface area contributed by atoms with Crippen LogP contribution in [0.25, 0.3) is 0 Å². The van der Waals surface area contributed by atoms with E-state index in [0.29, 0.717) is 12.1 Å². The fourth-order valence-electron chi connectivity index (χ4n) is 1.63. The highest BCUT2D eigenvalue weighted by molar-refractivity contribution is 7.92. The van der Waals surface area contributed by atoms with Crippen molar-refractivity contribution in [2.24, 2.45) is 0 Å². The predicted octanol–water partition coefficient (Wildman–Crippen LogP) is 2.82. The quantitative estimate of drug-likeness (QED) is 0.782. The smallest absolute Gasteiger partial charge is 0.416 e. The summed E-state index contributed by atoms with van der Waals surface area (Å²) in [4.78, 5) is 11.0. The number of carbonyl (C=O) groups excluding carboxylic acids is 1. The summed E-state index contributed by atoms with van der Waals surface area (Å²) in [6.07, 6.45) is -4.88. The summed E-state index contributed by atoms with van der Waals surface area (Å²) in [5.74, 6) is -0.666. The number of hydrogen-bond donors (Lipinski definition) is 0. The number of halogens is 3. The number of esters is 1. The van der Waals surface area contributed by atoms with Crippen LogP contribution in [0.4, 0.5) is 13.2 Å². The van der Waals surface area contributed by atoms with Crippen LogP contribution in [0, 0.1) is 0 Å². The third-order valence-corrected chi connectivity index (χ3v) is 4.95. The normalized spacial score (nSPS) is 13.8. The fraction of sp³-hybridized carbons (Fsp3) is 0.462. The van der Waals surface area contributed by atoms with E-state index in [-0.39, 0.29) is 17.9 Å². The standard InChI is InChI=1S/C13H15F3O4S/c1-3-20-12(17)8-9(2)21(18,19)11-6-4-10(5-7-11)13(14,15)16/h4-7,9H,3,8H2,1-2H3. The zero-order valence-electron chi connectivity index (χ0n) is 11.5. The molecule has 1 aromatic rings. The highest BCUT2D eigenvalue weighted by atomic mass is 32.2. The van der Waals surface area contributed by atoms with Gasteiger partial charge in [-0.2, -0.15) is 13.2 Å². The van der Waals surface area contributed by atoms with Crippen LogP contribution in [0.15, 0.2) is 29.2 Å². The third-order valence-electron chi connectivity index (χ3n) is 2.80. The summed E-state index contributed by atoms with van der Waals surface area (Å²) in [5.41, 5.74) is -0.931. The van der Waals surface area contributed by atoms with Crippen LogP contribution in [0.1, 0.15) is 25.8 Å². The van der Waals surface area contributed by atoms with Crippen LogP contribution in [0.3, 0.4) is 0 Å². The first-order valence-electron chi connectivity index (χ1n) is 6.15. The first-order valence-corrected chi connectivity index (χ1v) is 7.70. The Balaban J connectivity index is 2.95. The SMILES string of the molecule is CCOC(=O)CC(C)S(=O)(=O)c1ccc(C(F)(F)F)cc1. The highest BCUT2D eigenvalue weighted by Crippen LogP contribution is 2.30. The Hall–Kier alpha value is -1.57. The van der Waals surface area contributed by atoms with Gasteiger partial charge in [0, 0.05) is 0 Å². The van der Waals surface area contributed by atoms with E-state index in [1.807, 2.05) is 0 Å². The van der Waals surface area contributed by atoms with Crippen LogP contribution in [-0.2, 0) is 25.5 Å². The molecule has 1 unspecified atom stereocenters. The zero-order chi connectivity index (χ0) is 16.3. The van der Waals surface area contributed by atoms with E-state index in [0.717, 1.165) is 12.1 Å². The summed E-state index contributed by atoms with van der Waals surface area (Å²) < 4.78 is 66.2. The largest absolute Gasteiger partial charge is 0.466 e. The van der Waals surface area contributed by atoms with Crippen molar-refractivity contribution in [2.45, 2.75) is 36.6 Å². The molecule has 21 heavy (non-hydrogen) atoms. The van der Waals surface area contributed by atoms with Gasteiger partial charge in [0.25, 0.3) is 0 Å². The second kappa shape index (κ2) is 6.46. The van der Waals surface area contributed by atoms with Gasteiger partial charge in [-0.15, -0.1) is 0 Å². The minimum atomic E-state index is -4.53. The Morgan fingerprint density at radius 2 is 1.76 bits per heavy atom. The summed E-state index contributed by atoms with van der Waals surface area (Å²) in [6.45, 7) is 3.03. The molecule has 0 amide bonds. The van der Waals surface area contributed by atoms with Gasteiger partial charge in [0.1, 0.15) is 0 Å². The first-order chi connectivity index (χ1) is 9.59. The molecule has 0 saturated carbocycles. The lowest BCUT2D eigenvalue weighted by Gasteiger charge is -2.13. The van der Waals surface area contributed by atoms with E-state index in [9.17, 15) is 26.4 Å². The molecular weight excluding hydrogens is 309 g/mol. The maximum atomic E-state index is 12.4. The topological polar surface area (TPSA) is 60.4 Å². The monoisotopic (exact) mass is 324 g/mol. The van der Waals surface area contributed by atoms with Gasteiger partial charge in [-0.05, 0) is 38.1 Å². The molecule has 4 nitrogen and oxygen atoms in total. The van der Waals surface area contributed by atoms with Gasteiger partial charge in [0.15, 0.2) is 9.84 Å². The lowest BCUT2D eigenvalue weighted by molar-refractivity contribution is -0.143. The molecule has 8 heteroatoms. The summed E-state index contributed by atoms with van der Waals surface area (Å²) in [6, 6.07) is 3.17. The molecule has 0 bridgehead atoms. The molecule has 1 rings (SSSR count). The summed E-state index contributed by atoms with van der Waals surface area (Å²) >= 11 is 0. The van der Waals surface area contributed by atoms with Crippen molar-refractivity contribution in [3.63, 3.8) is 0 Å². The second-order valence-electron chi connectivity index (χ2n) is 4.39. The molecule has 0 spiro atoms. The zero-order valence-corrected chi connectivity index (χ0v) is 12.3. The maximum Gasteiger partial charge on any atom is 0.416 e. The van der Waals surface area contributed by atoms with Crippen molar-refractivity contribution in [3.8, 4) is 0 Å².